The fraction of sp³-hybridized carbons (Fsp3) is 0.423. The SMILES string of the molecule is CCC(CCC(=O)N1CC(F)(F)C[C@@H]1C(=O)O)NC(=O)OCC1c2ccccc2-c2ccccc21. The molecule has 2 N–H and O–H groups in total. The monoisotopic (exact) mass is 486 g/mol. The van der Waals surface area contributed by atoms with Gasteiger partial charge in [-0.2, -0.15) is 0 Å². The Labute approximate surface area is 202 Å². The summed E-state index contributed by atoms with van der Waals surface area (Å²) in [6.45, 7) is 1.07. The number of carbonyl (C=O) groups excluding carboxylic acids is 2. The maximum Gasteiger partial charge on any atom is 0.407 e. The summed E-state index contributed by atoms with van der Waals surface area (Å²) in [5, 5.41) is 11.9. The van der Waals surface area contributed by atoms with Crippen molar-refractivity contribution in [3.05, 3.63) is 59.7 Å². The molecule has 2 aliphatic rings. The first-order valence-corrected chi connectivity index (χ1v) is 11.7. The predicted molar refractivity (Wildman–Crippen MR) is 124 cm³/mol. The lowest BCUT2D eigenvalue weighted by molar-refractivity contribution is -0.148. The van der Waals surface area contributed by atoms with Gasteiger partial charge in [0.15, 0.2) is 0 Å². The first-order chi connectivity index (χ1) is 16.7. The Balaban J connectivity index is 1.31. The van der Waals surface area contributed by atoms with E-state index in [1.54, 1.807) is 0 Å². The standard InChI is InChI=1S/C26H28F2N2O5/c1-2-16(11-12-23(31)30-15-26(27,28)13-22(30)24(32)33)29-25(34)35-14-21-19-9-5-3-7-17(19)18-8-4-6-10-20(18)21/h3-10,16,21-22H,2,11-15H2,1H3,(H,29,34)(H,32,33)/t16?,22-/m1/s1. The molecule has 35 heavy (non-hydrogen) atoms. The smallest absolute Gasteiger partial charge is 0.407 e. The molecule has 2 aromatic carbocycles. The number of alkyl halides is 2. The molecule has 1 heterocycles. The summed E-state index contributed by atoms with van der Waals surface area (Å²) in [7, 11) is 0. The van der Waals surface area contributed by atoms with Crippen LogP contribution in [0, 0.1) is 0 Å². The Bertz CT molecular complexity index is 1080. The molecule has 4 rings (SSSR count). The number of hydrogen-bond donors (Lipinski definition) is 2. The molecule has 0 bridgehead atoms. The molecule has 2 amide bonds. The van der Waals surface area contributed by atoms with Crippen molar-refractivity contribution in [1.82, 2.24) is 10.2 Å². The average molecular weight is 487 g/mol. The van der Waals surface area contributed by atoms with Crippen molar-refractivity contribution in [2.75, 3.05) is 13.2 Å². The second-order valence-electron chi connectivity index (χ2n) is 9.05. The zero-order valence-electron chi connectivity index (χ0n) is 19.4. The second-order valence-corrected chi connectivity index (χ2v) is 9.05. The van der Waals surface area contributed by atoms with E-state index in [1.165, 1.54) is 0 Å². The number of halogens is 2. The topological polar surface area (TPSA) is 95.9 Å². The van der Waals surface area contributed by atoms with Crippen LogP contribution >= 0.6 is 0 Å². The van der Waals surface area contributed by atoms with Gasteiger partial charge in [-0.25, -0.2) is 18.4 Å². The summed E-state index contributed by atoms with van der Waals surface area (Å²) < 4.78 is 32.9. The summed E-state index contributed by atoms with van der Waals surface area (Å²) in [6.07, 6.45) is -0.975. The number of nitrogens with one attached hydrogen (secondary N) is 1. The van der Waals surface area contributed by atoms with Gasteiger partial charge in [0.05, 0.1) is 6.54 Å². The molecule has 1 saturated heterocycles. The van der Waals surface area contributed by atoms with E-state index in [9.17, 15) is 28.3 Å². The maximum atomic E-state index is 13.7. The first-order valence-electron chi connectivity index (χ1n) is 11.7. The minimum absolute atomic E-state index is 0.0837. The molecule has 0 spiro atoms. The molecule has 1 fully saturated rings. The number of ether oxygens (including phenoxy) is 1. The van der Waals surface area contributed by atoms with Gasteiger partial charge < -0.3 is 20.1 Å². The lowest BCUT2D eigenvalue weighted by Crippen LogP contribution is -2.42. The van der Waals surface area contributed by atoms with E-state index in [2.05, 4.69) is 5.32 Å². The Hall–Kier alpha value is -3.49. The molecule has 1 aliphatic carbocycles. The highest BCUT2D eigenvalue weighted by atomic mass is 19.3. The Kier molecular flexibility index (Phi) is 7.05. The maximum absolute atomic E-state index is 13.7. The number of hydrogen-bond acceptors (Lipinski definition) is 4. The van der Waals surface area contributed by atoms with Crippen LogP contribution in [-0.4, -0.2) is 59.1 Å². The van der Waals surface area contributed by atoms with Crippen LogP contribution in [0.1, 0.15) is 49.7 Å². The third-order valence-electron chi connectivity index (χ3n) is 6.74. The highest BCUT2D eigenvalue weighted by molar-refractivity contribution is 5.84. The van der Waals surface area contributed by atoms with Crippen LogP contribution < -0.4 is 5.32 Å². The molecule has 0 aromatic heterocycles. The molecule has 1 aliphatic heterocycles. The molecular formula is C26H28F2N2O5. The van der Waals surface area contributed by atoms with Crippen LogP contribution in [0.25, 0.3) is 11.1 Å². The third-order valence-corrected chi connectivity index (χ3v) is 6.74. The van der Waals surface area contributed by atoms with Crippen LogP contribution in [0.5, 0.6) is 0 Å². The zero-order chi connectivity index (χ0) is 25.2. The number of benzene rings is 2. The van der Waals surface area contributed by atoms with Gasteiger partial charge in [-0.15, -0.1) is 0 Å². The number of alkyl carbamates (subject to hydrolysis) is 1. The fourth-order valence-corrected chi connectivity index (χ4v) is 4.93. The number of fused-ring (bicyclic) bond motifs is 3. The van der Waals surface area contributed by atoms with E-state index in [0.717, 1.165) is 27.2 Å². The molecule has 1 unspecified atom stereocenters. The minimum atomic E-state index is -3.22. The van der Waals surface area contributed by atoms with Crippen LogP contribution in [0.15, 0.2) is 48.5 Å². The number of carboxylic acid groups (broad SMARTS) is 1. The van der Waals surface area contributed by atoms with Gasteiger partial charge in [-0.05, 0) is 35.1 Å². The van der Waals surface area contributed by atoms with E-state index in [-0.39, 0.29) is 25.4 Å². The van der Waals surface area contributed by atoms with Gasteiger partial charge in [0, 0.05) is 24.8 Å². The van der Waals surface area contributed by atoms with E-state index in [4.69, 9.17) is 4.74 Å². The largest absolute Gasteiger partial charge is 0.480 e. The number of carboxylic acids is 1. The van der Waals surface area contributed by atoms with Crippen LogP contribution in [-0.2, 0) is 14.3 Å². The summed E-state index contributed by atoms with van der Waals surface area (Å²) in [5.41, 5.74) is 4.42. The number of carbonyl (C=O) groups is 3. The fourth-order valence-electron chi connectivity index (χ4n) is 4.93. The predicted octanol–water partition coefficient (Wildman–Crippen LogP) is 4.40. The van der Waals surface area contributed by atoms with Gasteiger partial charge in [0.2, 0.25) is 5.91 Å². The van der Waals surface area contributed by atoms with Crippen molar-refractivity contribution in [2.45, 2.75) is 56.5 Å². The number of aliphatic carboxylic acids is 1. The lowest BCUT2D eigenvalue weighted by Gasteiger charge is -2.23. The van der Waals surface area contributed by atoms with Gasteiger partial charge in [0.25, 0.3) is 5.92 Å². The molecular weight excluding hydrogens is 458 g/mol. The van der Waals surface area contributed by atoms with E-state index in [1.807, 2.05) is 55.5 Å². The summed E-state index contributed by atoms with van der Waals surface area (Å²) >= 11 is 0. The lowest BCUT2D eigenvalue weighted by atomic mass is 9.98. The second kappa shape index (κ2) is 10.0. The summed E-state index contributed by atoms with van der Waals surface area (Å²) in [4.78, 5) is 37.0. The van der Waals surface area contributed by atoms with E-state index < -0.39 is 48.9 Å². The van der Waals surface area contributed by atoms with Gasteiger partial charge >= 0.3 is 12.1 Å². The number of nitrogens with zero attached hydrogens (tertiary/aromatic N) is 1. The Morgan fingerprint density at radius 3 is 2.29 bits per heavy atom. The minimum Gasteiger partial charge on any atom is -0.480 e. The van der Waals surface area contributed by atoms with Gasteiger partial charge in [0.1, 0.15) is 12.6 Å². The molecule has 2 atom stereocenters. The number of amides is 2. The normalized spacial score (nSPS) is 19.1. The highest BCUT2D eigenvalue weighted by Gasteiger charge is 2.49. The average Bonchev–Trinajstić information content (AvgIpc) is 3.34. The molecule has 7 nitrogen and oxygen atoms in total. The number of rotatable bonds is 8. The molecule has 2 aromatic rings. The van der Waals surface area contributed by atoms with Crippen molar-refractivity contribution in [1.29, 1.82) is 0 Å². The van der Waals surface area contributed by atoms with Crippen LogP contribution in [0.3, 0.4) is 0 Å². The molecule has 0 saturated carbocycles. The van der Waals surface area contributed by atoms with E-state index in [0.29, 0.717) is 6.42 Å². The first kappa shape index (κ1) is 24.6. The van der Waals surface area contributed by atoms with E-state index >= 15 is 0 Å². The molecule has 9 heteroatoms. The Morgan fingerprint density at radius 1 is 1.11 bits per heavy atom. The molecule has 186 valence electrons. The van der Waals surface area contributed by atoms with Crippen molar-refractivity contribution >= 4 is 18.0 Å². The number of likely N-dealkylation sites (tertiary alicyclic amines) is 1. The summed E-state index contributed by atoms with van der Waals surface area (Å²) in [5.74, 6) is -5.41. The van der Waals surface area contributed by atoms with Crippen LogP contribution in [0.2, 0.25) is 0 Å². The van der Waals surface area contributed by atoms with Gasteiger partial charge in [-0.1, -0.05) is 55.5 Å². The third kappa shape index (κ3) is 5.28. The quantitative estimate of drug-likeness (QED) is 0.577. The van der Waals surface area contributed by atoms with Crippen molar-refractivity contribution in [3.8, 4) is 11.1 Å². The van der Waals surface area contributed by atoms with Crippen molar-refractivity contribution < 1.29 is 33.0 Å². The molecule has 0 radical (unpaired) electrons. The highest BCUT2D eigenvalue weighted by Crippen LogP contribution is 2.44. The van der Waals surface area contributed by atoms with Crippen LogP contribution in [0.4, 0.5) is 13.6 Å². The van der Waals surface area contributed by atoms with Crippen molar-refractivity contribution in [3.63, 3.8) is 0 Å². The van der Waals surface area contributed by atoms with Gasteiger partial charge in [-0.3, -0.25) is 4.79 Å². The summed E-state index contributed by atoms with van der Waals surface area (Å²) in [6, 6.07) is 14.0. The zero-order valence-corrected chi connectivity index (χ0v) is 19.4. The van der Waals surface area contributed by atoms with Crippen molar-refractivity contribution in [2.24, 2.45) is 0 Å². The Morgan fingerprint density at radius 2 is 1.71 bits per heavy atom.